The average Bonchev–Trinajstić information content (AvgIpc) is 2.82. The van der Waals surface area contributed by atoms with Crippen LogP contribution in [-0.2, 0) is 6.54 Å². The minimum atomic E-state index is 0.531. The van der Waals surface area contributed by atoms with E-state index in [0.717, 1.165) is 19.1 Å². The van der Waals surface area contributed by atoms with E-state index < -0.39 is 0 Å². The molecule has 3 heterocycles. The van der Waals surface area contributed by atoms with Crippen LogP contribution in [-0.4, -0.2) is 36.6 Å². The summed E-state index contributed by atoms with van der Waals surface area (Å²) in [5, 5.41) is 7.60. The molecule has 3 unspecified atom stereocenters. The van der Waals surface area contributed by atoms with Crippen molar-refractivity contribution in [2.45, 2.75) is 56.8 Å². The van der Waals surface area contributed by atoms with Gasteiger partial charge >= 0.3 is 0 Å². The van der Waals surface area contributed by atoms with Gasteiger partial charge in [0.25, 0.3) is 0 Å². The molecule has 114 valence electrons. The number of fused-ring (bicyclic) bond motifs is 2. The summed E-state index contributed by atoms with van der Waals surface area (Å²) in [6, 6.07) is 11.0. The second-order valence-corrected chi connectivity index (χ2v) is 6.88. The van der Waals surface area contributed by atoms with Crippen LogP contribution in [0.25, 0.3) is 0 Å². The van der Waals surface area contributed by atoms with E-state index >= 15 is 0 Å². The lowest BCUT2D eigenvalue weighted by Gasteiger charge is -2.34. The summed E-state index contributed by atoms with van der Waals surface area (Å²) in [6.07, 6.45) is 6.75. The van der Waals surface area contributed by atoms with Crippen LogP contribution in [0.3, 0.4) is 0 Å². The van der Waals surface area contributed by atoms with Gasteiger partial charge in [0.05, 0.1) is 0 Å². The summed E-state index contributed by atoms with van der Waals surface area (Å²) >= 11 is 0. The summed E-state index contributed by atoms with van der Waals surface area (Å²) in [5.41, 5.74) is 3.00. The molecule has 2 fully saturated rings. The molecule has 1 aromatic carbocycles. The van der Waals surface area contributed by atoms with Crippen molar-refractivity contribution >= 4 is 0 Å². The van der Waals surface area contributed by atoms with Gasteiger partial charge in [-0.15, -0.1) is 0 Å². The second-order valence-electron chi connectivity index (χ2n) is 6.88. The van der Waals surface area contributed by atoms with Gasteiger partial charge in [-0.05, 0) is 49.9 Å². The van der Waals surface area contributed by atoms with E-state index in [1.165, 1.54) is 56.3 Å². The maximum atomic E-state index is 4.03. The van der Waals surface area contributed by atoms with Crippen LogP contribution in [0.15, 0.2) is 24.3 Å². The van der Waals surface area contributed by atoms with Gasteiger partial charge in [0.1, 0.15) is 0 Å². The highest BCUT2D eigenvalue weighted by molar-refractivity contribution is 5.31. The Kier molecular flexibility index (Phi) is 3.97. The molecule has 0 aliphatic carbocycles. The predicted octanol–water partition coefficient (Wildman–Crippen LogP) is 2.44. The highest BCUT2D eigenvalue weighted by Gasteiger charge is 2.36. The van der Waals surface area contributed by atoms with E-state index in [-0.39, 0.29) is 0 Å². The lowest BCUT2D eigenvalue weighted by molar-refractivity contribution is 0.176. The summed E-state index contributed by atoms with van der Waals surface area (Å²) in [5.74, 6) is 0. The Bertz CT molecular complexity index is 487. The maximum absolute atomic E-state index is 4.03. The lowest BCUT2D eigenvalue weighted by Crippen LogP contribution is -2.46. The number of rotatable bonds is 2. The van der Waals surface area contributed by atoms with Gasteiger partial charge in [-0.1, -0.05) is 30.7 Å². The molecule has 0 bridgehead atoms. The first kappa shape index (κ1) is 13.7. The number of nitrogens with one attached hydrogen (secondary N) is 2. The first-order chi connectivity index (χ1) is 10.4. The van der Waals surface area contributed by atoms with Gasteiger partial charge in [0.15, 0.2) is 0 Å². The summed E-state index contributed by atoms with van der Waals surface area (Å²) < 4.78 is 0. The fourth-order valence-electron chi connectivity index (χ4n) is 4.53. The summed E-state index contributed by atoms with van der Waals surface area (Å²) in [4.78, 5) is 2.72. The van der Waals surface area contributed by atoms with Crippen LogP contribution in [0.5, 0.6) is 0 Å². The molecular formula is C18H27N3. The monoisotopic (exact) mass is 285 g/mol. The third-order valence-electron chi connectivity index (χ3n) is 5.63. The van der Waals surface area contributed by atoms with Gasteiger partial charge in [-0.3, -0.25) is 4.90 Å². The highest BCUT2D eigenvalue weighted by Crippen LogP contribution is 2.31. The van der Waals surface area contributed by atoms with Crippen LogP contribution in [0.1, 0.15) is 49.3 Å². The smallest absolute Gasteiger partial charge is 0.0338 e. The molecule has 3 aliphatic heterocycles. The first-order valence-corrected chi connectivity index (χ1v) is 8.70. The number of nitrogens with zero attached hydrogens (tertiary/aromatic N) is 1. The fourth-order valence-corrected chi connectivity index (χ4v) is 4.53. The van der Waals surface area contributed by atoms with E-state index in [9.17, 15) is 0 Å². The average molecular weight is 285 g/mol. The van der Waals surface area contributed by atoms with Gasteiger partial charge in [0.2, 0.25) is 0 Å². The van der Waals surface area contributed by atoms with Gasteiger partial charge < -0.3 is 10.6 Å². The molecule has 21 heavy (non-hydrogen) atoms. The molecule has 2 N–H and O–H groups in total. The fraction of sp³-hybridized carbons (Fsp3) is 0.667. The third-order valence-corrected chi connectivity index (χ3v) is 5.63. The quantitative estimate of drug-likeness (QED) is 0.874. The zero-order chi connectivity index (χ0) is 14.1. The SMILES string of the molecule is c1ccc2c(c1)CNCCC2NC1CCN2CCCCC12. The van der Waals surface area contributed by atoms with Crippen molar-refractivity contribution in [3.8, 4) is 0 Å². The van der Waals surface area contributed by atoms with Crippen molar-refractivity contribution < 1.29 is 0 Å². The molecule has 3 heteroatoms. The molecular weight excluding hydrogens is 258 g/mol. The van der Waals surface area contributed by atoms with E-state index in [0.29, 0.717) is 12.1 Å². The molecule has 3 atom stereocenters. The molecule has 2 saturated heterocycles. The Morgan fingerprint density at radius 1 is 1.05 bits per heavy atom. The predicted molar refractivity (Wildman–Crippen MR) is 86.3 cm³/mol. The third kappa shape index (κ3) is 2.75. The standard InChI is InChI=1S/C18H27N3/c1-2-6-15-14(5-1)13-19-10-8-16(15)20-17-9-12-21-11-4-3-7-18(17)21/h1-2,5-6,16-20H,3-4,7-13H2. The topological polar surface area (TPSA) is 27.3 Å². The minimum absolute atomic E-state index is 0.531. The lowest BCUT2D eigenvalue weighted by atomic mass is 9.95. The minimum Gasteiger partial charge on any atom is -0.313 e. The Hall–Kier alpha value is -0.900. The number of hydrogen-bond acceptors (Lipinski definition) is 3. The van der Waals surface area contributed by atoms with Gasteiger partial charge in [0, 0.05) is 31.2 Å². The molecule has 0 aromatic heterocycles. The largest absolute Gasteiger partial charge is 0.313 e. The number of benzene rings is 1. The molecule has 3 aliphatic rings. The van der Waals surface area contributed by atoms with Crippen molar-refractivity contribution in [2.75, 3.05) is 19.6 Å². The Morgan fingerprint density at radius 3 is 3.00 bits per heavy atom. The molecule has 0 spiro atoms. The normalized spacial score (nSPS) is 33.2. The second kappa shape index (κ2) is 6.07. The van der Waals surface area contributed by atoms with E-state index in [2.05, 4.69) is 39.8 Å². The summed E-state index contributed by atoms with van der Waals surface area (Å²) in [7, 11) is 0. The molecule has 3 nitrogen and oxygen atoms in total. The van der Waals surface area contributed by atoms with Crippen LogP contribution in [0.4, 0.5) is 0 Å². The molecule has 1 aromatic rings. The van der Waals surface area contributed by atoms with Crippen LogP contribution in [0, 0.1) is 0 Å². The van der Waals surface area contributed by atoms with Crippen LogP contribution >= 0.6 is 0 Å². The molecule has 4 rings (SSSR count). The molecule has 0 amide bonds. The highest BCUT2D eigenvalue weighted by atomic mass is 15.2. The van der Waals surface area contributed by atoms with Gasteiger partial charge in [-0.25, -0.2) is 0 Å². The Balaban J connectivity index is 1.51. The van der Waals surface area contributed by atoms with Crippen molar-refractivity contribution in [1.82, 2.24) is 15.5 Å². The molecule has 0 saturated carbocycles. The Labute approximate surface area is 128 Å². The summed E-state index contributed by atoms with van der Waals surface area (Å²) in [6.45, 7) is 4.77. The van der Waals surface area contributed by atoms with E-state index in [4.69, 9.17) is 0 Å². The number of hydrogen-bond donors (Lipinski definition) is 2. The van der Waals surface area contributed by atoms with Crippen LogP contribution in [0.2, 0.25) is 0 Å². The van der Waals surface area contributed by atoms with Crippen LogP contribution < -0.4 is 10.6 Å². The Morgan fingerprint density at radius 2 is 2.00 bits per heavy atom. The molecule has 0 radical (unpaired) electrons. The zero-order valence-electron chi connectivity index (χ0n) is 12.9. The van der Waals surface area contributed by atoms with E-state index in [1.54, 1.807) is 0 Å². The maximum Gasteiger partial charge on any atom is 0.0338 e. The van der Waals surface area contributed by atoms with Crippen molar-refractivity contribution in [3.63, 3.8) is 0 Å². The number of piperidine rings is 1. The zero-order valence-corrected chi connectivity index (χ0v) is 12.9. The van der Waals surface area contributed by atoms with E-state index in [1.807, 2.05) is 0 Å². The van der Waals surface area contributed by atoms with Crippen molar-refractivity contribution in [1.29, 1.82) is 0 Å². The van der Waals surface area contributed by atoms with Crippen molar-refractivity contribution in [2.24, 2.45) is 0 Å². The first-order valence-electron chi connectivity index (χ1n) is 8.70. The van der Waals surface area contributed by atoms with Crippen molar-refractivity contribution in [3.05, 3.63) is 35.4 Å². The van der Waals surface area contributed by atoms with Gasteiger partial charge in [-0.2, -0.15) is 0 Å².